The van der Waals surface area contributed by atoms with Crippen LogP contribution in [0.5, 0.6) is 17.5 Å². The van der Waals surface area contributed by atoms with Gasteiger partial charge in [-0.05, 0) is 32.0 Å². The van der Waals surface area contributed by atoms with Gasteiger partial charge < -0.3 is 19.5 Å². The van der Waals surface area contributed by atoms with Gasteiger partial charge in [-0.1, -0.05) is 0 Å². The third-order valence-electron chi connectivity index (χ3n) is 4.81. The molecule has 0 fully saturated rings. The number of aryl methyl sites for hydroxylation is 1. The van der Waals surface area contributed by atoms with Gasteiger partial charge in [0, 0.05) is 39.2 Å². The number of hydrogen-bond acceptors (Lipinski definition) is 9. The molecule has 31 heavy (non-hydrogen) atoms. The number of aromatic nitrogens is 4. The summed E-state index contributed by atoms with van der Waals surface area (Å²) in [6, 6.07) is 8.32. The van der Waals surface area contributed by atoms with Crippen LogP contribution in [-0.4, -0.2) is 41.3 Å². The fraction of sp³-hybridized carbons (Fsp3) is 0.273. The first-order valence-corrected chi connectivity index (χ1v) is 10.5. The molecule has 8 nitrogen and oxygen atoms in total. The molecule has 0 aliphatic carbocycles. The van der Waals surface area contributed by atoms with Crippen molar-refractivity contribution in [1.82, 2.24) is 19.9 Å². The zero-order valence-electron chi connectivity index (χ0n) is 18.0. The Bertz CT molecular complexity index is 1210. The lowest BCUT2D eigenvalue weighted by atomic mass is 10.2. The molecule has 9 heteroatoms. The van der Waals surface area contributed by atoms with Gasteiger partial charge in [-0.2, -0.15) is 0 Å². The van der Waals surface area contributed by atoms with Crippen molar-refractivity contribution in [3.05, 3.63) is 47.4 Å². The standard InChI is InChI=1S/C22H23N5O3S/c1-12(19-6-7-20(31-19)14-10-23-22(30-5)24-11-14)25-21-15-8-17(28-3)18(29-4)9-16(15)26-13(2)27-21/h6-12H,1-5H3,(H,25,26,27). The van der Waals surface area contributed by atoms with Crippen molar-refractivity contribution in [2.24, 2.45) is 0 Å². The maximum absolute atomic E-state index is 5.46. The SMILES string of the molecule is COc1ncc(-c2ccc(C(C)Nc3nc(C)nc4cc(OC)c(OC)cc34)s2)cn1. The molecule has 0 bridgehead atoms. The Morgan fingerprint density at radius 2 is 1.65 bits per heavy atom. The highest BCUT2D eigenvalue weighted by Crippen LogP contribution is 2.36. The monoisotopic (exact) mass is 437 g/mol. The third-order valence-corrected chi connectivity index (χ3v) is 6.13. The molecule has 0 aliphatic heterocycles. The van der Waals surface area contributed by atoms with E-state index in [1.54, 1.807) is 45.1 Å². The first kappa shape index (κ1) is 20.8. The van der Waals surface area contributed by atoms with Crippen molar-refractivity contribution in [3.63, 3.8) is 0 Å². The number of thiophene rings is 1. The Morgan fingerprint density at radius 1 is 0.935 bits per heavy atom. The molecule has 1 N–H and O–H groups in total. The lowest BCUT2D eigenvalue weighted by molar-refractivity contribution is 0.356. The maximum Gasteiger partial charge on any atom is 0.316 e. The molecule has 0 spiro atoms. The molecule has 3 heterocycles. The van der Waals surface area contributed by atoms with Crippen molar-refractivity contribution < 1.29 is 14.2 Å². The summed E-state index contributed by atoms with van der Waals surface area (Å²) in [5.74, 6) is 2.70. The normalized spacial score (nSPS) is 11.9. The number of rotatable bonds is 7. The van der Waals surface area contributed by atoms with Crippen LogP contribution >= 0.6 is 11.3 Å². The Kier molecular flexibility index (Phi) is 5.85. The summed E-state index contributed by atoms with van der Waals surface area (Å²) >= 11 is 1.68. The summed E-state index contributed by atoms with van der Waals surface area (Å²) in [5, 5.41) is 4.40. The number of nitrogens with zero attached hydrogens (tertiary/aromatic N) is 4. The van der Waals surface area contributed by atoms with Crippen LogP contribution in [0.25, 0.3) is 21.3 Å². The molecule has 160 valence electrons. The zero-order chi connectivity index (χ0) is 22.0. The molecule has 0 saturated carbocycles. The Labute approximate surface area is 184 Å². The number of methoxy groups -OCH3 is 3. The van der Waals surface area contributed by atoms with Crippen LogP contribution < -0.4 is 19.5 Å². The zero-order valence-corrected chi connectivity index (χ0v) is 18.8. The van der Waals surface area contributed by atoms with Gasteiger partial charge in [-0.3, -0.25) is 0 Å². The van der Waals surface area contributed by atoms with E-state index in [1.807, 2.05) is 19.1 Å². The molecule has 0 radical (unpaired) electrons. The number of benzene rings is 1. The van der Waals surface area contributed by atoms with E-state index in [-0.39, 0.29) is 6.04 Å². The number of nitrogens with one attached hydrogen (secondary N) is 1. The molecule has 3 aromatic heterocycles. The molecule has 4 aromatic rings. The number of ether oxygens (including phenoxy) is 3. The second-order valence-corrected chi connectivity index (χ2v) is 7.99. The highest BCUT2D eigenvalue weighted by Gasteiger charge is 2.16. The summed E-state index contributed by atoms with van der Waals surface area (Å²) < 4.78 is 15.9. The smallest absolute Gasteiger partial charge is 0.316 e. The summed E-state index contributed by atoms with van der Waals surface area (Å²) in [7, 11) is 4.78. The average molecular weight is 438 g/mol. The highest BCUT2D eigenvalue weighted by molar-refractivity contribution is 7.15. The van der Waals surface area contributed by atoms with E-state index >= 15 is 0 Å². The van der Waals surface area contributed by atoms with Gasteiger partial charge in [0.2, 0.25) is 0 Å². The molecular weight excluding hydrogens is 414 g/mol. The molecule has 1 unspecified atom stereocenters. The Hall–Kier alpha value is -3.46. The minimum absolute atomic E-state index is 0.0310. The Morgan fingerprint density at radius 3 is 2.32 bits per heavy atom. The van der Waals surface area contributed by atoms with Gasteiger partial charge in [0.05, 0.1) is 32.9 Å². The minimum atomic E-state index is 0.0310. The fourth-order valence-corrected chi connectivity index (χ4v) is 4.23. The van der Waals surface area contributed by atoms with Crippen LogP contribution in [0.4, 0.5) is 5.82 Å². The summed E-state index contributed by atoms with van der Waals surface area (Å²) in [4.78, 5) is 19.8. The quantitative estimate of drug-likeness (QED) is 0.447. The van der Waals surface area contributed by atoms with Crippen LogP contribution in [0.15, 0.2) is 36.7 Å². The molecule has 0 amide bonds. The van der Waals surface area contributed by atoms with Gasteiger partial charge in [0.25, 0.3) is 0 Å². The molecule has 1 atom stereocenters. The molecule has 4 rings (SSSR count). The molecule has 0 aliphatic rings. The average Bonchev–Trinajstić information content (AvgIpc) is 3.28. The lowest BCUT2D eigenvalue weighted by Gasteiger charge is -2.16. The third kappa shape index (κ3) is 4.22. The van der Waals surface area contributed by atoms with Gasteiger partial charge in [0.1, 0.15) is 11.6 Å². The first-order valence-electron chi connectivity index (χ1n) is 9.65. The fourth-order valence-electron chi connectivity index (χ4n) is 3.25. The van der Waals surface area contributed by atoms with Crippen molar-refractivity contribution in [2.75, 3.05) is 26.6 Å². The van der Waals surface area contributed by atoms with E-state index in [1.165, 1.54) is 0 Å². The number of anilines is 1. The minimum Gasteiger partial charge on any atom is -0.493 e. The Balaban J connectivity index is 1.63. The van der Waals surface area contributed by atoms with Gasteiger partial charge in [-0.15, -0.1) is 11.3 Å². The van der Waals surface area contributed by atoms with Crippen molar-refractivity contribution in [1.29, 1.82) is 0 Å². The van der Waals surface area contributed by atoms with Crippen LogP contribution in [-0.2, 0) is 0 Å². The first-order chi connectivity index (χ1) is 15.0. The molecule has 0 saturated heterocycles. The van der Waals surface area contributed by atoms with E-state index < -0.39 is 0 Å². The topological polar surface area (TPSA) is 91.3 Å². The van der Waals surface area contributed by atoms with Crippen LogP contribution in [0.3, 0.4) is 0 Å². The van der Waals surface area contributed by atoms with E-state index in [0.29, 0.717) is 23.3 Å². The maximum atomic E-state index is 5.46. The van der Waals surface area contributed by atoms with E-state index in [2.05, 4.69) is 44.3 Å². The van der Waals surface area contributed by atoms with E-state index in [0.717, 1.165) is 32.0 Å². The van der Waals surface area contributed by atoms with Crippen molar-refractivity contribution in [3.8, 4) is 28.0 Å². The van der Waals surface area contributed by atoms with Crippen molar-refractivity contribution in [2.45, 2.75) is 19.9 Å². The predicted octanol–water partition coefficient (Wildman–Crippen LogP) is 4.66. The van der Waals surface area contributed by atoms with Crippen LogP contribution in [0, 0.1) is 6.92 Å². The highest BCUT2D eigenvalue weighted by atomic mass is 32.1. The number of fused-ring (bicyclic) bond motifs is 1. The summed E-state index contributed by atoms with van der Waals surface area (Å²) in [6.45, 7) is 3.98. The van der Waals surface area contributed by atoms with Gasteiger partial charge in [-0.25, -0.2) is 19.9 Å². The largest absolute Gasteiger partial charge is 0.493 e. The van der Waals surface area contributed by atoms with Crippen LogP contribution in [0.2, 0.25) is 0 Å². The second-order valence-electron chi connectivity index (χ2n) is 6.87. The summed E-state index contributed by atoms with van der Waals surface area (Å²) in [5.41, 5.74) is 1.74. The van der Waals surface area contributed by atoms with E-state index in [4.69, 9.17) is 14.2 Å². The summed E-state index contributed by atoms with van der Waals surface area (Å²) in [6.07, 6.45) is 3.53. The predicted molar refractivity (Wildman–Crippen MR) is 121 cm³/mol. The second kappa shape index (κ2) is 8.73. The van der Waals surface area contributed by atoms with Crippen LogP contribution in [0.1, 0.15) is 23.7 Å². The van der Waals surface area contributed by atoms with E-state index in [9.17, 15) is 0 Å². The van der Waals surface area contributed by atoms with Gasteiger partial charge in [0.15, 0.2) is 11.5 Å². The molecule has 1 aromatic carbocycles. The molecular formula is C22H23N5O3S. The van der Waals surface area contributed by atoms with Crippen molar-refractivity contribution >= 4 is 28.1 Å². The lowest BCUT2D eigenvalue weighted by Crippen LogP contribution is -2.08. The van der Waals surface area contributed by atoms with Gasteiger partial charge >= 0.3 is 6.01 Å². The number of hydrogen-bond donors (Lipinski definition) is 1.